The van der Waals surface area contributed by atoms with E-state index in [4.69, 9.17) is 0 Å². The number of carbonyl (C=O) groups excluding carboxylic acids is 1. The number of aromatic nitrogens is 2. The number of carbonyl (C=O) groups is 1. The first-order valence-corrected chi connectivity index (χ1v) is 7.66. The summed E-state index contributed by atoms with van der Waals surface area (Å²) in [7, 11) is 0. The lowest BCUT2D eigenvalue weighted by Crippen LogP contribution is -2.47. The molecule has 1 aromatic heterocycles. The molecule has 3 rings (SSSR count). The quantitative estimate of drug-likeness (QED) is 0.908. The number of benzene rings is 1. The van der Waals surface area contributed by atoms with E-state index in [1.807, 2.05) is 6.07 Å². The van der Waals surface area contributed by atoms with Crippen molar-refractivity contribution in [3.8, 4) is 0 Å². The number of hydrogen-bond donors (Lipinski definition) is 2. The van der Waals surface area contributed by atoms with Gasteiger partial charge in [0.05, 0.1) is 6.10 Å². The highest BCUT2D eigenvalue weighted by Gasteiger charge is 2.30. The molecule has 1 aromatic carbocycles. The van der Waals surface area contributed by atoms with Crippen LogP contribution in [0.3, 0.4) is 0 Å². The van der Waals surface area contributed by atoms with E-state index in [2.05, 4.69) is 35.3 Å². The molecule has 0 unspecified atom stereocenters. The fourth-order valence-electron chi connectivity index (χ4n) is 3.09. The molecule has 5 nitrogen and oxygen atoms in total. The minimum absolute atomic E-state index is 0.0921. The summed E-state index contributed by atoms with van der Waals surface area (Å²) in [6.07, 6.45) is 2.75. The van der Waals surface area contributed by atoms with Crippen LogP contribution in [0.4, 0.5) is 0 Å². The van der Waals surface area contributed by atoms with Crippen molar-refractivity contribution in [3.05, 3.63) is 53.3 Å². The fraction of sp³-hybridized carbons (Fsp3) is 0.412. The molecule has 1 aliphatic rings. The zero-order chi connectivity index (χ0) is 15.5. The number of β-amino-alcohol motifs (C(OH)–C–C–N with tert-alkyl or cyclic N) is 1. The lowest BCUT2D eigenvalue weighted by Gasteiger charge is -2.35. The van der Waals surface area contributed by atoms with Gasteiger partial charge in [0.1, 0.15) is 5.69 Å². The summed E-state index contributed by atoms with van der Waals surface area (Å²) >= 11 is 0. The van der Waals surface area contributed by atoms with E-state index in [0.29, 0.717) is 18.8 Å². The predicted molar refractivity (Wildman–Crippen MR) is 83.5 cm³/mol. The van der Waals surface area contributed by atoms with Crippen LogP contribution in [0.1, 0.15) is 28.0 Å². The monoisotopic (exact) mass is 299 g/mol. The molecule has 0 spiro atoms. The summed E-state index contributed by atoms with van der Waals surface area (Å²) in [6, 6.07) is 10.0. The Morgan fingerprint density at radius 2 is 2.32 bits per heavy atom. The van der Waals surface area contributed by atoms with E-state index >= 15 is 0 Å². The number of aromatic amines is 1. The van der Waals surface area contributed by atoms with Gasteiger partial charge in [-0.3, -0.25) is 9.89 Å². The topological polar surface area (TPSA) is 69.2 Å². The Kier molecular flexibility index (Phi) is 4.24. The van der Waals surface area contributed by atoms with Gasteiger partial charge in [-0.1, -0.05) is 29.8 Å². The van der Waals surface area contributed by atoms with Gasteiger partial charge >= 0.3 is 0 Å². The molecule has 1 saturated heterocycles. The van der Waals surface area contributed by atoms with Gasteiger partial charge < -0.3 is 10.0 Å². The smallest absolute Gasteiger partial charge is 0.271 e. The van der Waals surface area contributed by atoms with E-state index in [1.54, 1.807) is 17.2 Å². The average molecular weight is 299 g/mol. The van der Waals surface area contributed by atoms with Crippen molar-refractivity contribution in [2.75, 3.05) is 13.1 Å². The molecule has 0 bridgehead atoms. The first kappa shape index (κ1) is 14.8. The SMILES string of the molecule is Cc1cccc(C[C@H]2CCN(C(=O)c3ccn[nH]3)C[C@H]2O)c1. The second-order valence-corrected chi connectivity index (χ2v) is 6.03. The Balaban J connectivity index is 1.61. The molecule has 2 atom stereocenters. The molecule has 0 saturated carbocycles. The molecular formula is C17H21N3O2. The molecule has 1 amide bonds. The highest BCUT2D eigenvalue weighted by Crippen LogP contribution is 2.23. The van der Waals surface area contributed by atoms with Gasteiger partial charge in [0.25, 0.3) is 5.91 Å². The maximum Gasteiger partial charge on any atom is 0.271 e. The van der Waals surface area contributed by atoms with Crippen LogP contribution in [0.2, 0.25) is 0 Å². The lowest BCUT2D eigenvalue weighted by molar-refractivity contribution is 0.0195. The summed E-state index contributed by atoms with van der Waals surface area (Å²) in [5.41, 5.74) is 2.96. The molecule has 2 aromatic rings. The fourth-order valence-corrected chi connectivity index (χ4v) is 3.09. The van der Waals surface area contributed by atoms with Crippen LogP contribution in [-0.4, -0.2) is 45.3 Å². The first-order valence-electron chi connectivity index (χ1n) is 7.66. The molecule has 1 aliphatic heterocycles. The highest BCUT2D eigenvalue weighted by molar-refractivity contribution is 5.92. The number of rotatable bonds is 3. The molecule has 1 fully saturated rings. The van der Waals surface area contributed by atoms with Gasteiger partial charge in [-0.15, -0.1) is 0 Å². The summed E-state index contributed by atoms with van der Waals surface area (Å²) in [5, 5.41) is 16.9. The number of aliphatic hydroxyl groups is 1. The predicted octanol–water partition coefficient (Wildman–Crippen LogP) is 1.78. The normalized spacial score (nSPS) is 21.8. The summed E-state index contributed by atoms with van der Waals surface area (Å²) in [5.74, 6) is 0.109. The van der Waals surface area contributed by atoms with Crippen LogP contribution in [0, 0.1) is 12.8 Å². The van der Waals surface area contributed by atoms with Crippen LogP contribution in [-0.2, 0) is 6.42 Å². The van der Waals surface area contributed by atoms with Crippen molar-refractivity contribution < 1.29 is 9.90 Å². The first-order chi connectivity index (χ1) is 10.6. The van der Waals surface area contributed by atoms with Crippen LogP contribution in [0.5, 0.6) is 0 Å². The van der Waals surface area contributed by atoms with Gasteiger partial charge in [-0.05, 0) is 37.3 Å². The Morgan fingerprint density at radius 1 is 1.45 bits per heavy atom. The maximum absolute atomic E-state index is 12.3. The largest absolute Gasteiger partial charge is 0.391 e. The van der Waals surface area contributed by atoms with Crippen molar-refractivity contribution in [2.45, 2.75) is 25.9 Å². The van der Waals surface area contributed by atoms with E-state index in [-0.39, 0.29) is 11.8 Å². The van der Waals surface area contributed by atoms with Gasteiger partial charge in [-0.25, -0.2) is 0 Å². The summed E-state index contributed by atoms with van der Waals surface area (Å²) < 4.78 is 0. The summed E-state index contributed by atoms with van der Waals surface area (Å²) in [4.78, 5) is 14.0. The van der Waals surface area contributed by atoms with Crippen LogP contribution in [0.15, 0.2) is 36.5 Å². The van der Waals surface area contributed by atoms with E-state index in [0.717, 1.165) is 12.8 Å². The van der Waals surface area contributed by atoms with Crippen molar-refractivity contribution in [1.82, 2.24) is 15.1 Å². The Hall–Kier alpha value is -2.14. The molecule has 0 aliphatic carbocycles. The van der Waals surface area contributed by atoms with Crippen LogP contribution < -0.4 is 0 Å². The molecule has 116 valence electrons. The van der Waals surface area contributed by atoms with Crippen LogP contribution in [0.25, 0.3) is 0 Å². The van der Waals surface area contributed by atoms with Crippen molar-refractivity contribution in [2.24, 2.45) is 5.92 Å². The zero-order valence-electron chi connectivity index (χ0n) is 12.7. The zero-order valence-corrected chi connectivity index (χ0v) is 12.7. The van der Waals surface area contributed by atoms with E-state index in [1.165, 1.54) is 11.1 Å². The van der Waals surface area contributed by atoms with E-state index in [9.17, 15) is 9.90 Å². The number of hydrogen-bond acceptors (Lipinski definition) is 3. The van der Waals surface area contributed by atoms with Gasteiger partial charge in [-0.2, -0.15) is 5.10 Å². The van der Waals surface area contributed by atoms with Gasteiger partial charge in [0, 0.05) is 19.3 Å². The minimum Gasteiger partial charge on any atom is -0.391 e. The number of likely N-dealkylation sites (tertiary alicyclic amines) is 1. The maximum atomic E-state index is 12.3. The molecule has 0 radical (unpaired) electrons. The number of nitrogens with one attached hydrogen (secondary N) is 1. The number of aliphatic hydroxyl groups excluding tert-OH is 1. The second kappa shape index (κ2) is 6.32. The van der Waals surface area contributed by atoms with Crippen molar-refractivity contribution in [1.29, 1.82) is 0 Å². The molecule has 22 heavy (non-hydrogen) atoms. The molecule has 2 heterocycles. The second-order valence-electron chi connectivity index (χ2n) is 6.03. The lowest BCUT2D eigenvalue weighted by atomic mass is 9.87. The highest BCUT2D eigenvalue weighted by atomic mass is 16.3. The number of nitrogens with zero attached hydrogens (tertiary/aromatic N) is 2. The third kappa shape index (κ3) is 3.20. The van der Waals surface area contributed by atoms with Crippen LogP contribution >= 0.6 is 0 Å². The Bertz CT molecular complexity index is 639. The minimum atomic E-state index is -0.485. The summed E-state index contributed by atoms with van der Waals surface area (Å²) in [6.45, 7) is 3.13. The third-order valence-corrected chi connectivity index (χ3v) is 4.32. The molecule has 2 N–H and O–H groups in total. The van der Waals surface area contributed by atoms with Crippen molar-refractivity contribution >= 4 is 5.91 Å². The Morgan fingerprint density at radius 3 is 3.00 bits per heavy atom. The Labute approximate surface area is 130 Å². The number of piperidine rings is 1. The van der Waals surface area contributed by atoms with Gasteiger partial charge in [0.15, 0.2) is 0 Å². The standard InChI is InChI=1S/C17H21N3O2/c1-12-3-2-4-13(9-12)10-14-6-8-20(11-16(14)21)17(22)15-5-7-18-19-15/h2-5,7,9,14,16,21H,6,8,10-11H2,1H3,(H,18,19)/t14-,16-/m1/s1. The molecule has 5 heteroatoms. The number of amides is 1. The molecular weight excluding hydrogens is 278 g/mol. The van der Waals surface area contributed by atoms with Gasteiger partial charge in [0.2, 0.25) is 0 Å². The van der Waals surface area contributed by atoms with E-state index < -0.39 is 6.10 Å². The average Bonchev–Trinajstić information content (AvgIpc) is 3.03. The third-order valence-electron chi connectivity index (χ3n) is 4.32. The number of aryl methyl sites for hydroxylation is 1. The number of H-pyrrole nitrogens is 1. The van der Waals surface area contributed by atoms with Crippen molar-refractivity contribution in [3.63, 3.8) is 0 Å².